The summed E-state index contributed by atoms with van der Waals surface area (Å²) in [6, 6.07) is 5.11. The summed E-state index contributed by atoms with van der Waals surface area (Å²) in [6.07, 6.45) is 0. The zero-order chi connectivity index (χ0) is 16.1. The van der Waals surface area contributed by atoms with Crippen molar-refractivity contribution in [2.75, 3.05) is 14.2 Å². The van der Waals surface area contributed by atoms with Crippen LogP contribution in [0.1, 0.15) is 16.7 Å². The smallest absolute Gasteiger partial charge is 0.302 e. The Morgan fingerprint density at radius 1 is 0.905 bits per heavy atom. The molecular formula is C11H18O8P2. The van der Waals surface area contributed by atoms with Crippen molar-refractivity contribution < 1.29 is 37.0 Å². The van der Waals surface area contributed by atoms with Crippen molar-refractivity contribution >= 4 is 15.6 Å². The minimum Gasteiger partial charge on any atom is -0.302 e. The van der Waals surface area contributed by atoms with Crippen molar-refractivity contribution in [3.05, 3.63) is 34.9 Å². The summed E-state index contributed by atoms with van der Waals surface area (Å²) in [4.78, 5) is 18.3. The van der Waals surface area contributed by atoms with Gasteiger partial charge in [-0.15, -0.1) is 0 Å². The quantitative estimate of drug-likeness (QED) is 0.694. The molecular weight excluding hydrogens is 322 g/mol. The van der Waals surface area contributed by atoms with Crippen LogP contribution in [0.4, 0.5) is 0 Å². The van der Waals surface area contributed by atoms with Crippen molar-refractivity contribution in [2.24, 2.45) is 0 Å². The largest absolute Gasteiger partial charge is 0.472 e. The molecule has 0 saturated carbocycles. The molecule has 120 valence electrons. The van der Waals surface area contributed by atoms with Crippen LogP contribution >= 0.6 is 15.6 Å². The average molecular weight is 340 g/mol. The molecule has 21 heavy (non-hydrogen) atoms. The van der Waals surface area contributed by atoms with Crippen LogP contribution in [0.3, 0.4) is 0 Å². The molecule has 0 radical (unpaired) electrons. The van der Waals surface area contributed by atoms with Crippen molar-refractivity contribution in [3.63, 3.8) is 0 Å². The summed E-state index contributed by atoms with van der Waals surface area (Å²) >= 11 is 0. The molecule has 0 aromatic heterocycles. The van der Waals surface area contributed by atoms with Gasteiger partial charge in [0.25, 0.3) is 0 Å². The Morgan fingerprint density at radius 3 is 1.62 bits per heavy atom. The molecule has 0 amide bonds. The van der Waals surface area contributed by atoms with E-state index >= 15 is 0 Å². The highest BCUT2D eigenvalue weighted by atomic mass is 31.2. The first-order chi connectivity index (χ1) is 9.67. The Bertz CT molecular complexity index is 527. The van der Waals surface area contributed by atoms with Crippen molar-refractivity contribution in [1.29, 1.82) is 0 Å². The average Bonchev–Trinajstić information content (AvgIpc) is 2.43. The van der Waals surface area contributed by atoms with E-state index in [0.29, 0.717) is 11.1 Å². The number of hydrogen-bond donors (Lipinski definition) is 2. The molecule has 0 aliphatic rings. The van der Waals surface area contributed by atoms with Gasteiger partial charge in [-0.3, -0.25) is 18.1 Å². The molecule has 8 nitrogen and oxygen atoms in total. The SMILES string of the molecule is COP(=O)(O)OCc1cc(C)cc(COP(=O)(O)OC)c1. The molecule has 0 bridgehead atoms. The fraction of sp³-hybridized carbons (Fsp3) is 0.455. The molecule has 0 fully saturated rings. The first kappa shape index (κ1) is 18.5. The van der Waals surface area contributed by atoms with Crippen LogP contribution in [0.2, 0.25) is 0 Å². The monoisotopic (exact) mass is 340 g/mol. The molecule has 0 aliphatic carbocycles. The first-order valence-electron chi connectivity index (χ1n) is 5.83. The summed E-state index contributed by atoms with van der Waals surface area (Å²) in [6.45, 7) is 1.52. The second-order valence-electron chi connectivity index (χ2n) is 4.18. The van der Waals surface area contributed by atoms with E-state index in [-0.39, 0.29) is 13.2 Å². The third-order valence-electron chi connectivity index (χ3n) is 2.45. The van der Waals surface area contributed by atoms with Gasteiger partial charge in [0.05, 0.1) is 13.2 Å². The number of phosphoric ester groups is 2. The van der Waals surface area contributed by atoms with Crippen LogP contribution in [0.5, 0.6) is 0 Å². The van der Waals surface area contributed by atoms with Gasteiger partial charge in [-0.05, 0) is 18.1 Å². The number of aryl methyl sites for hydroxylation is 1. The van der Waals surface area contributed by atoms with Crippen molar-refractivity contribution in [3.8, 4) is 0 Å². The molecule has 2 unspecified atom stereocenters. The predicted molar refractivity (Wildman–Crippen MR) is 74.4 cm³/mol. The number of rotatable bonds is 8. The highest BCUT2D eigenvalue weighted by Crippen LogP contribution is 2.44. The standard InChI is InChI=1S/C11H18O8P2/c1-9-4-10(7-18-20(12,13)16-2)6-11(5-9)8-19-21(14,15)17-3/h4-6H,7-8H2,1-3H3,(H,12,13)(H,14,15). The molecule has 2 N–H and O–H groups in total. The zero-order valence-corrected chi connectivity index (χ0v) is 13.7. The van der Waals surface area contributed by atoms with E-state index in [1.165, 1.54) is 0 Å². The van der Waals surface area contributed by atoms with Crippen LogP contribution in [0.25, 0.3) is 0 Å². The van der Waals surface area contributed by atoms with Gasteiger partial charge in [-0.1, -0.05) is 23.8 Å². The predicted octanol–water partition coefficient (Wildman–Crippen LogP) is 2.52. The molecule has 1 aromatic rings. The fourth-order valence-corrected chi connectivity index (χ4v) is 2.37. The highest BCUT2D eigenvalue weighted by Gasteiger charge is 2.20. The lowest BCUT2D eigenvalue weighted by atomic mass is 10.1. The number of benzene rings is 1. The van der Waals surface area contributed by atoms with Crippen LogP contribution in [-0.4, -0.2) is 24.0 Å². The van der Waals surface area contributed by atoms with Crippen LogP contribution in [0.15, 0.2) is 18.2 Å². The summed E-state index contributed by atoms with van der Waals surface area (Å²) in [5.74, 6) is 0. The van der Waals surface area contributed by atoms with E-state index in [0.717, 1.165) is 19.8 Å². The summed E-state index contributed by atoms with van der Waals surface area (Å²) in [5, 5.41) is 0. The van der Waals surface area contributed by atoms with Gasteiger partial charge in [0.15, 0.2) is 0 Å². The topological polar surface area (TPSA) is 112 Å². The molecule has 10 heteroatoms. The Hall–Kier alpha value is -0.560. The van der Waals surface area contributed by atoms with E-state index in [2.05, 4.69) is 9.05 Å². The Labute approximate surface area is 122 Å². The third kappa shape index (κ3) is 6.82. The molecule has 2 atom stereocenters. The third-order valence-corrected chi connectivity index (χ3v) is 4.28. The summed E-state index contributed by atoms with van der Waals surface area (Å²) < 4.78 is 40.6. The Morgan fingerprint density at radius 2 is 1.29 bits per heavy atom. The molecule has 1 aromatic carbocycles. The minimum atomic E-state index is -4.05. The van der Waals surface area contributed by atoms with Crippen molar-refractivity contribution in [1.82, 2.24) is 0 Å². The van der Waals surface area contributed by atoms with Crippen LogP contribution < -0.4 is 0 Å². The molecule has 1 rings (SSSR count). The highest BCUT2D eigenvalue weighted by molar-refractivity contribution is 7.47. The van der Waals surface area contributed by atoms with Gasteiger partial charge < -0.3 is 9.79 Å². The van der Waals surface area contributed by atoms with E-state index in [4.69, 9.17) is 18.8 Å². The van der Waals surface area contributed by atoms with Gasteiger partial charge in [-0.25, -0.2) is 9.13 Å². The number of phosphoric acid groups is 2. The maximum atomic E-state index is 11.2. The second kappa shape index (κ2) is 7.63. The van der Waals surface area contributed by atoms with Crippen LogP contribution in [-0.2, 0) is 40.4 Å². The first-order valence-corrected chi connectivity index (χ1v) is 8.82. The second-order valence-corrected chi connectivity index (χ2v) is 7.30. The minimum absolute atomic E-state index is 0.142. The Kier molecular flexibility index (Phi) is 6.71. The van der Waals surface area contributed by atoms with E-state index < -0.39 is 15.6 Å². The normalized spacial score (nSPS) is 17.2. The molecule has 0 saturated heterocycles. The summed E-state index contributed by atoms with van der Waals surface area (Å²) in [5.41, 5.74) is 2.04. The van der Waals surface area contributed by atoms with Crippen LogP contribution in [0, 0.1) is 6.92 Å². The number of hydrogen-bond acceptors (Lipinski definition) is 6. The lowest BCUT2D eigenvalue weighted by Crippen LogP contribution is -1.98. The summed E-state index contributed by atoms with van der Waals surface area (Å²) in [7, 11) is -5.96. The maximum Gasteiger partial charge on any atom is 0.472 e. The van der Waals surface area contributed by atoms with Gasteiger partial charge in [0.1, 0.15) is 0 Å². The van der Waals surface area contributed by atoms with Gasteiger partial charge in [-0.2, -0.15) is 0 Å². The zero-order valence-electron chi connectivity index (χ0n) is 11.9. The van der Waals surface area contributed by atoms with Gasteiger partial charge >= 0.3 is 15.6 Å². The lowest BCUT2D eigenvalue weighted by molar-refractivity contribution is 0.165. The molecule has 0 aliphatic heterocycles. The lowest BCUT2D eigenvalue weighted by Gasteiger charge is -2.12. The molecule has 0 spiro atoms. The molecule has 0 heterocycles. The maximum absolute atomic E-state index is 11.2. The van der Waals surface area contributed by atoms with Gasteiger partial charge in [0, 0.05) is 14.2 Å². The van der Waals surface area contributed by atoms with Gasteiger partial charge in [0.2, 0.25) is 0 Å². The van der Waals surface area contributed by atoms with E-state index in [9.17, 15) is 9.13 Å². The van der Waals surface area contributed by atoms with Crippen molar-refractivity contribution in [2.45, 2.75) is 20.1 Å². The van der Waals surface area contributed by atoms with E-state index in [1.807, 2.05) is 0 Å². The fourth-order valence-electron chi connectivity index (χ4n) is 1.53. The van der Waals surface area contributed by atoms with E-state index in [1.54, 1.807) is 25.1 Å². The Balaban J connectivity index is 2.76.